The molecule has 2 amide bonds. The van der Waals surface area contributed by atoms with E-state index in [0.717, 1.165) is 11.8 Å². The number of rotatable bonds is 9. The van der Waals surface area contributed by atoms with Crippen LogP contribution in [0.15, 0.2) is 29.2 Å². The highest BCUT2D eigenvalue weighted by atomic mass is 32.2. The summed E-state index contributed by atoms with van der Waals surface area (Å²) in [5.74, 6) is -0.237. The fraction of sp³-hybridized carbons (Fsp3) is 0.500. The topological polar surface area (TPSA) is 89.3 Å². The van der Waals surface area contributed by atoms with Crippen LogP contribution in [0.1, 0.15) is 44.0 Å². The summed E-state index contributed by atoms with van der Waals surface area (Å²) < 4.78 is 0. The molecule has 7 heteroatoms. The van der Waals surface area contributed by atoms with Crippen LogP contribution >= 0.6 is 23.5 Å². The monoisotopic (exact) mass is 382 g/mol. The lowest BCUT2D eigenvalue weighted by molar-refractivity contribution is -0.120. The van der Waals surface area contributed by atoms with Crippen molar-refractivity contribution in [1.29, 1.82) is 0 Å². The Kier molecular flexibility index (Phi) is 8.52. The first kappa shape index (κ1) is 21.6. The summed E-state index contributed by atoms with van der Waals surface area (Å²) in [6.07, 6.45) is 3.11. The van der Waals surface area contributed by atoms with Crippen molar-refractivity contribution in [1.82, 2.24) is 5.32 Å². The predicted molar refractivity (Wildman–Crippen MR) is 105 cm³/mol. The second kappa shape index (κ2) is 9.87. The highest BCUT2D eigenvalue weighted by molar-refractivity contribution is 8.13. The number of amides is 2. The van der Waals surface area contributed by atoms with Crippen LogP contribution in [0.2, 0.25) is 0 Å². The summed E-state index contributed by atoms with van der Waals surface area (Å²) in [6, 6.07) is 6.18. The summed E-state index contributed by atoms with van der Waals surface area (Å²) in [6.45, 7) is 5.73. The second-order valence-electron chi connectivity index (χ2n) is 6.33. The molecule has 0 heterocycles. The van der Waals surface area contributed by atoms with Gasteiger partial charge in [-0.2, -0.15) is 11.8 Å². The first-order valence-electron chi connectivity index (χ1n) is 8.13. The third kappa shape index (κ3) is 6.40. The molecule has 1 aromatic rings. The van der Waals surface area contributed by atoms with E-state index in [-0.39, 0.29) is 5.12 Å². The van der Waals surface area contributed by atoms with Crippen LogP contribution in [0.3, 0.4) is 0 Å². The van der Waals surface area contributed by atoms with Crippen LogP contribution in [0.5, 0.6) is 0 Å². The Morgan fingerprint density at radius 1 is 1.24 bits per heavy atom. The normalized spacial score (nSPS) is 12.5. The van der Waals surface area contributed by atoms with E-state index >= 15 is 0 Å². The number of nitrogens with one attached hydrogen (secondary N) is 1. The predicted octanol–water partition coefficient (Wildman–Crippen LogP) is 3.08. The van der Waals surface area contributed by atoms with Gasteiger partial charge in [-0.15, -0.1) is 0 Å². The standard InChI is InChI=1S/C18H26N2O3S2/c1-5-18(2,3)17(23)25-14-9-7-6-8-12(14)16(22)20-13(15(19)21)10-11-24-4/h6-9,13H,5,10-11H2,1-4H3,(H2,19,21)(H,20,22)/t13-/m0/s1. The van der Waals surface area contributed by atoms with Crippen molar-refractivity contribution >= 4 is 40.5 Å². The molecular weight excluding hydrogens is 356 g/mol. The van der Waals surface area contributed by atoms with E-state index in [2.05, 4.69) is 5.32 Å². The maximum Gasteiger partial charge on any atom is 0.253 e. The Labute approximate surface area is 157 Å². The molecule has 0 aliphatic carbocycles. The van der Waals surface area contributed by atoms with Gasteiger partial charge in [0, 0.05) is 10.3 Å². The first-order chi connectivity index (χ1) is 11.7. The minimum absolute atomic E-state index is 0.00378. The SMILES string of the molecule is CCC(C)(C)C(=O)Sc1ccccc1C(=O)N[C@@H](CCSC)C(N)=O. The van der Waals surface area contributed by atoms with Gasteiger partial charge in [0.1, 0.15) is 6.04 Å². The molecule has 0 radical (unpaired) electrons. The van der Waals surface area contributed by atoms with Gasteiger partial charge in [-0.1, -0.05) is 44.7 Å². The molecule has 0 aliphatic rings. The van der Waals surface area contributed by atoms with Crippen LogP contribution in [0.25, 0.3) is 0 Å². The van der Waals surface area contributed by atoms with Crippen molar-refractivity contribution in [3.8, 4) is 0 Å². The van der Waals surface area contributed by atoms with Crippen LogP contribution in [0, 0.1) is 5.41 Å². The number of carbonyl (C=O) groups is 3. The Hall–Kier alpha value is -1.47. The third-order valence-electron chi connectivity index (χ3n) is 4.03. The van der Waals surface area contributed by atoms with E-state index in [1.807, 2.05) is 27.0 Å². The molecule has 0 spiro atoms. The molecule has 0 saturated carbocycles. The molecule has 0 bridgehead atoms. The first-order valence-corrected chi connectivity index (χ1v) is 10.3. The summed E-state index contributed by atoms with van der Waals surface area (Å²) >= 11 is 2.64. The van der Waals surface area contributed by atoms with Crippen molar-refractivity contribution in [3.05, 3.63) is 29.8 Å². The van der Waals surface area contributed by atoms with Crippen molar-refractivity contribution < 1.29 is 14.4 Å². The Morgan fingerprint density at radius 3 is 2.44 bits per heavy atom. The molecule has 1 rings (SSSR count). The maximum absolute atomic E-state index is 12.6. The lowest BCUT2D eigenvalue weighted by atomic mass is 9.92. The lowest BCUT2D eigenvalue weighted by Gasteiger charge is -2.21. The number of primary amides is 1. The van der Waals surface area contributed by atoms with E-state index in [0.29, 0.717) is 29.1 Å². The van der Waals surface area contributed by atoms with Gasteiger partial charge in [-0.25, -0.2) is 0 Å². The molecule has 1 atom stereocenters. The molecule has 0 aliphatic heterocycles. The molecule has 0 unspecified atom stereocenters. The highest BCUT2D eigenvalue weighted by Crippen LogP contribution is 2.33. The van der Waals surface area contributed by atoms with Gasteiger partial charge in [-0.3, -0.25) is 14.4 Å². The van der Waals surface area contributed by atoms with Crippen LogP contribution < -0.4 is 11.1 Å². The number of hydrogen-bond acceptors (Lipinski definition) is 5. The fourth-order valence-corrected chi connectivity index (χ4v) is 3.39. The summed E-state index contributed by atoms with van der Waals surface area (Å²) in [7, 11) is 0. The molecule has 1 aromatic carbocycles. The van der Waals surface area contributed by atoms with E-state index in [9.17, 15) is 14.4 Å². The molecule has 0 aromatic heterocycles. The van der Waals surface area contributed by atoms with Crippen LogP contribution in [-0.2, 0) is 9.59 Å². The number of hydrogen-bond donors (Lipinski definition) is 2. The zero-order chi connectivity index (χ0) is 19.0. The van der Waals surface area contributed by atoms with E-state index in [4.69, 9.17) is 5.73 Å². The average molecular weight is 383 g/mol. The summed E-state index contributed by atoms with van der Waals surface area (Å²) in [5, 5.41) is 2.69. The number of benzene rings is 1. The van der Waals surface area contributed by atoms with Gasteiger partial charge in [-0.05, 0) is 37.0 Å². The Morgan fingerprint density at radius 2 is 1.88 bits per heavy atom. The Balaban J connectivity index is 2.96. The van der Waals surface area contributed by atoms with Gasteiger partial charge >= 0.3 is 0 Å². The van der Waals surface area contributed by atoms with E-state index in [1.54, 1.807) is 36.0 Å². The average Bonchev–Trinajstić information content (AvgIpc) is 2.58. The lowest BCUT2D eigenvalue weighted by Crippen LogP contribution is -2.44. The third-order valence-corrected chi connectivity index (χ3v) is 5.99. The fourth-order valence-electron chi connectivity index (χ4n) is 1.88. The van der Waals surface area contributed by atoms with E-state index < -0.39 is 23.3 Å². The van der Waals surface area contributed by atoms with Crippen LogP contribution in [-0.4, -0.2) is 35.0 Å². The number of thioether (sulfide) groups is 2. The van der Waals surface area contributed by atoms with E-state index in [1.165, 1.54) is 0 Å². The minimum atomic E-state index is -0.721. The van der Waals surface area contributed by atoms with Crippen molar-refractivity contribution in [2.45, 2.75) is 44.6 Å². The molecule has 5 nitrogen and oxygen atoms in total. The number of nitrogens with two attached hydrogens (primary N) is 1. The second-order valence-corrected chi connectivity index (χ2v) is 8.33. The quantitative estimate of drug-likeness (QED) is 0.641. The van der Waals surface area contributed by atoms with Gasteiger partial charge in [0.05, 0.1) is 5.56 Å². The molecule has 3 N–H and O–H groups in total. The molecule has 138 valence electrons. The minimum Gasteiger partial charge on any atom is -0.368 e. The maximum atomic E-state index is 12.6. The Bertz CT molecular complexity index is 633. The van der Waals surface area contributed by atoms with Gasteiger partial charge in [0.15, 0.2) is 5.12 Å². The summed E-state index contributed by atoms with van der Waals surface area (Å²) in [4.78, 5) is 37.2. The smallest absolute Gasteiger partial charge is 0.253 e. The van der Waals surface area contributed by atoms with Crippen molar-refractivity contribution in [3.63, 3.8) is 0 Å². The highest BCUT2D eigenvalue weighted by Gasteiger charge is 2.28. The number of carbonyl (C=O) groups excluding carboxylic acids is 3. The van der Waals surface area contributed by atoms with Crippen LogP contribution in [0.4, 0.5) is 0 Å². The van der Waals surface area contributed by atoms with Gasteiger partial charge < -0.3 is 11.1 Å². The molecule has 0 saturated heterocycles. The zero-order valence-corrected chi connectivity index (χ0v) is 16.8. The van der Waals surface area contributed by atoms with Crippen molar-refractivity contribution in [2.75, 3.05) is 12.0 Å². The largest absolute Gasteiger partial charge is 0.368 e. The molecule has 25 heavy (non-hydrogen) atoms. The molecular formula is C18H26N2O3S2. The van der Waals surface area contributed by atoms with Gasteiger partial charge in [0.2, 0.25) is 5.91 Å². The van der Waals surface area contributed by atoms with Crippen molar-refractivity contribution in [2.24, 2.45) is 11.1 Å². The van der Waals surface area contributed by atoms with Gasteiger partial charge in [0.25, 0.3) is 5.91 Å². The zero-order valence-electron chi connectivity index (χ0n) is 15.1. The summed E-state index contributed by atoms with van der Waals surface area (Å²) in [5.41, 5.74) is 5.28. The molecule has 0 fully saturated rings.